The highest BCUT2D eigenvalue weighted by molar-refractivity contribution is 6.30. The third-order valence-corrected chi connectivity index (χ3v) is 5.57. The summed E-state index contributed by atoms with van der Waals surface area (Å²) in [7, 11) is 0. The Kier molecular flexibility index (Phi) is 5.77. The lowest BCUT2D eigenvalue weighted by atomic mass is 10.0. The Hall–Kier alpha value is -4.11. The number of amides is 1. The van der Waals surface area contributed by atoms with Gasteiger partial charge in [-0.25, -0.2) is 8.78 Å². The van der Waals surface area contributed by atoms with Gasteiger partial charge in [0.25, 0.3) is 5.95 Å². The second kappa shape index (κ2) is 9.03. The first-order chi connectivity index (χ1) is 16.5. The van der Waals surface area contributed by atoms with Gasteiger partial charge in [0.15, 0.2) is 0 Å². The summed E-state index contributed by atoms with van der Waals surface area (Å²) in [5, 5.41) is 15.2. The number of aromatic nitrogens is 4. The SMILES string of the molecule is O=C(CN1C(c2ccc(Cl)cc2)=CC(c2ccccc2)n2nnnc21)Nc1cc(F)cc(F)c1. The Morgan fingerprint density at radius 3 is 2.41 bits per heavy atom. The van der Waals surface area contributed by atoms with E-state index in [2.05, 4.69) is 20.8 Å². The number of allylic oxidation sites excluding steroid dienone is 1. The molecule has 1 aliphatic heterocycles. The summed E-state index contributed by atoms with van der Waals surface area (Å²) in [5.41, 5.74) is 2.46. The van der Waals surface area contributed by atoms with Crippen molar-refractivity contribution in [2.75, 3.05) is 16.8 Å². The number of nitrogens with one attached hydrogen (secondary N) is 1. The van der Waals surface area contributed by atoms with Crippen molar-refractivity contribution in [1.82, 2.24) is 20.2 Å². The molecule has 0 saturated carbocycles. The van der Waals surface area contributed by atoms with E-state index < -0.39 is 17.5 Å². The van der Waals surface area contributed by atoms with Crippen molar-refractivity contribution in [3.8, 4) is 0 Å². The topological polar surface area (TPSA) is 75.9 Å². The van der Waals surface area contributed by atoms with Gasteiger partial charge in [0.2, 0.25) is 5.91 Å². The molecule has 170 valence electrons. The van der Waals surface area contributed by atoms with Crippen molar-refractivity contribution in [1.29, 1.82) is 0 Å². The molecule has 34 heavy (non-hydrogen) atoms. The van der Waals surface area contributed by atoms with Crippen LogP contribution in [-0.2, 0) is 4.79 Å². The van der Waals surface area contributed by atoms with Crippen molar-refractivity contribution in [3.05, 3.63) is 107 Å². The molecule has 7 nitrogen and oxygen atoms in total. The number of tetrazole rings is 1. The van der Waals surface area contributed by atoms with Gasteiger partial charge in [-0.2, -0.15) is 4.68 Å². The number of nitrogens with zero attached hydrogens (tertiary/aromatic N) is 5. The zero-order valence-electron chi connectivity index (χ0n) is 17.6. The molecule has 1 aromatic heterocycles. The van der Waals surface area contributed by atoms with Crippen LogP contribution in [0.15, 0.2) is 78.9 Å². The highest BCUT2D eigenvalue weighted by Crippen LogP contribution is 2.36. The van der Waals surface area contributed by atoms with Crippen LogP contribution in [-0.4, -0.2) is 32.7 Å². The molecular formula is C24H17ClF2N6O. The van der Waals surface area contributed by atoms with E-state index in [1.807, 2.05) is 48.5 Å². The summed E-state index contributed by atoms with van der Waals surface area (Å²) >= 11 is 6.08. The molecule has 0 saturated heterocycles. The summed E-state index contributed by atoms with van der Waals surface area (Å²) in [4.78, 5) is 14.5. The molecule has 1 atom stereocenters. The largest absolute Gasteiger partial charge is 0.324 e. The third-order valence-electron chi connectivity index (χ3n) is 5.32. The van der Waals surface area contributed by atoms with Gasteiger partial charge in [-0.05, 0) is 51.9 Å². The van der Waals surface area contributed by atoms with Crippen LogP contribution in [0.25, 0.3) is 5.70 Å². The maximum Gasteiger partial charge on any atom is 0.251 e. The van der Waals surface area contributed by atoms with Crippen molar-refractivity contribution >= 4 is 34.8 Å². The van der Waals surface area contributed by atoms with Gasteiger partial charge in [-0.15, -0.1) is 0 Å². The molecular weight excluding hydrogens is 462 g/mol. The van der Waals surface area contributed by atoms with E-state index in [-0.39, 0.29) is 18.3 Å². The van der Waals surface area contributed by atoms with Crippen LogP contribution in [0.1, 0.15) is 17.2 Å². The molecule has 3 aromatic carbocycles. The summed E-state index contributed by atoms with van der Waals surface area (Å²) in [6, 6.07) is 19.4. The molecule has 0 bridgehead atoms. The summed E-state index contributed by atoms with van der Waals surface area (Å²) in [6.07, 6.45) is 1.96. The highest BCUT2D eigenvalue weighted by Gasteiger charge is 2.32. The standard InChI is InChI=1S/C24H17ClF2N6O/c25-17-8-6-16(7-9-17)21-13-22(15-4-2-1-3-5-15)33-24(29-30-31-33)32(21)14-23(34)28-20-11-18(26)10-19(27)12-20/h1-13,22H,14H2,(H,28,34). The normalized spacial score (nSPS) is 15.0. The Balaban J connectivity index is 1.53. The minimum absolute atomic E-state index is 0.0123. The lowest BCUT2D eigenvalue weighted by molar-refractivity contribution is -0.114. The first kappa shape index (κ1) is 21.7. The molecule has 2 heterocycles. The van der Waals surface area contributed by atoms with Crippen LogP contribution in [0.3, 0.4) is 0 Å². The fourth-order valence-corrected chi connectivity index (χ4v) is 3.98. The predicted molar refractivity (Wildman–Crippen MR) is 124 cm³/mol. The number of anilines is 2. The van der Waals surface area contributed by atoms with E-state index in [4.69, 9.17) is 11.6 Å². The lowest BCUT2D eigenvalue weighted by Gasteiger charge is -2.32. The Morgan fingerprint density at radius 2 is 1.71 bits per heavy atom. The average Bonchev–Trinajstić information content (AvgIpc) is 3.30. The van der Waals surface area contributed by atoms with Crippen molar-refractivity contribution in [3.63, 3.8) is 0 Å². The Morgan fingerprint density at radius 1 is 1.00 bits per heavy atom. The highest BCUT2D eigenvalue weighted by atomic mass is 35.5. The first-order valence-electron chi connectivity index (χ1n) is 10.3. The Bertz CT molecular complexity index is 1350. The smallest absolute Gasteiger partial charge is 0.251 e. The van der Waals surface area contributed by atoms with Crippen molar-refractivity contribution in [2.45, 2.75) is 6.04 Å². The van der Waals surface area contributed by atoms with E-state index in [9.17, 15) is 13.6 Å². The van der Waals surface area contributed by atoms with Gasteiger partial charge in [0, 0.05) is 16.8 Å². The zero-order valence-corrected chi connectivity index (χ0v) is 18.3. The monoisotopic (exact) mass is 478 g/mol. The quantitative estimate of drug-likeness (QED) is 0.450. The fourth-order valence-electron chi connectivity index (χ4n) is 3.85. The minimum Gasteiger partial charge on any atom is -0.324 e. The van der Waals surface area contributed by atoms with E-state index in [1.165, 1.54) is 0 Å². The molecule has 0 fully saturated rings. The van der Waals surface area contributed by atoms with E-state index >= 15 is 0 Å². The van der Waals surface area contributed by atoms with Gasteiger partial charge in [-0.1, -0.05) is 59.2 Å². The molecule has 10 heteroatoms. The first-order valence-corrected chi connectivity index (χ1v) is 10.7. The zero-order chi connectivity index (χ0) is 23.7. The summed E-state index contributed by atoms with van der Waals surface area (Å²) in [5.74, 6) is -1.73. The summed E-state index contributed by atoms with van der Waals surface area (Å²) < 4.78 is 28.7. The fraction of sp³-hybridized carbons (Fsp3) is 0.0833. The van der Waals surface area contributed by atoms with Crippen LogP contribution in [0.5, 0.6) is 0 Å². The minimum atomic E-state index is -0.787. The van der Waals surface area contributed by atoms with E-state index in [1.54, 1.807) is 21.7 Å². The predicted octanol–water partition coefficient (Wildman–Crippen LogP) is 4.69. The number of halogens is 3. The average molecular weight is 479 g/mol. The Labute approximate surface area is 198 Å². The van der Waals surface area contributed by atoms with Gasteiger partial charge >= 0.3 is 0 Å². The molecule has 0 radical (unpaired) electrons. The van der Waals surface area contributed by atoms with Gasteiger partial charge in [-0.3, -0.25) is 9.69 Å². The number of carbonyl (C=O) groups excluding carboxylic acids is 1. The van der Waals surface area contributed by atoms with Crippen LogP contribution in [0.4, 0.5) is 20.4 Å². The van der Waals surface area contributed by atoms with Crippen LogP contribution < -0.4 is 10.2 Å². The van der Waals surface area contributed by atoms with Crippen LogP contribution in [0.2, 0.25) is 5.02 Å². The number of carbonyl (C=O) groups is 1. The van der Waals surface area contributed by atoms with Gasteiger partial charge in [0.1, 0.15) is 24.2 Å². The summed E-state index contributed by atoms with van der Waals surface area (Å²) in [6.45, 7) is -0.200. The molecule has 5 rings (SSSR count). The second-order valence-electron chi connectivity index (χ2n) is 7.63. The van der Waals surface area contributed by atoms with Crippen molar-refractivity contribution < 1.29 is 13.6 Å². The number of hydrogen-bond donors (Lipinski definition) is 1. The molecule has 0 spiro atoms. The molecule has 1 N–H and O–H groups in total. The maximum absolute atomic E-state index is 13.6. The second-order valence-corrected chi connectivity index (χ2v) is 8.07. The number of benzene rings is 3. The van der Waals surface area contributed by atoms with E-state index in [0.29, 0.717) is 16.7 Å². The number of hydrogen-bond acceptors (Lipinski definition) is 5. The molecule has 0 aliphatic carbocycles. The van der Waals surface area contributed by atoms with Crippen molar-refractivity contribution in [2.24, 2.45) is 0 Å². The number of rotatable bonds is 5. The molecule has 1 amide bonds. The van der Waals surface area contributed by atoms with E-state index in [0.717, 1.165) is 29.3 Å². The lowest BCUT2D eigenvalue weighted by Crippen LogP contribution is -2.37. The number of fused-ring (bicyclic) bond motifs is 1. The van der Waals surface area contributed by atoms with Crippen LogP contribution in [0, 0.1) is 11.6 Å². The molecule has 4 aromatic rings. The van der Waals surface area contributed by atoms with Gasteiger partial charge < -0.3 is 5.32 Å². The molecule has 1 unspecified atom stereocenters. The molecule has 1 aliphatic rings. The third kappa shape index (κ3) is 4.38. The van der Waals surface area contributed by atoms with Crippen LogP contribution >= 0.6 is 11.6 Å². The van der Waals surface area contributed by atoms with Gasteiger partial charge in [0.05, 0.1) is 5.70 Å². The maximum atomic E-state index is 13.6.